The molecule has 1 heterocycles. The van der Waals surface area contributed by atoms with Gasteiger partial charge >= 0.3 is 0 Å². The van der Waals surface area contributed by atoms with Gasteiger partial charge in [0.15, 0.2) is 0 Å². The molecule has 0 spiro atoms. The number of aliphatic hydroxyl groups excluding tert-OH is 1. The molecule has 1 fully saturated rings. The molecule has 1 rings (SSSR count). The van der Waals surface area contributed by atoms with Gasteiger partial charge < -0.3 is 5.11 Å². The van der Waals surface area contributed by atoms with Crippen LogP contribution in [0.1, 0.15) is 12.8 Å². The fourth-order valence-corrected chi connectivity index (χ4v) is 1.71. The number of hydrogen-bond acceptors (Lipinski definition) is 2. The fourth-order valence-electron chi connectivity index (χ4n) is 1.71. The van der Waals surface area contributed by atoms with E-state index in [1.54, 1.807) is 6.08 Å². The smallest absolute Gasteiger partial charge is 0.0873 e. The molecule has 1 aliphatic heterocycles. The summed E-state index contributed by atoms with van der Waals surface area (Å²) in [4.78, 5) is 2.13. The normalized spacial score (nSPS) is 26.5. The monoisotopic (exact) mass is 165 g/mol. The third-order valence-electron chi connectivity index (χ3n) is 2.34. The van der Waals surface area contributed by atoms with E-state index in [0.29, 0.717) is 6.54 Å². The Hall–Kier alpha value is -0.780. The van der Waals surface area contributed by atoms with Gasteiger partial charge in [-0.1, -0.05) is 12.0 Å². The Labute approximate surface area is 73.9 Å². The van der Waals surface area contributed by atoms with Crippen molar-refractivity contribution in [2.45, 2.75) is 25.0 Å². The Balaban J connectivity index is 2.52. The first-order chi connectivity index (χ1) is 5.79. The summed E-state index contributed by atoms with van der Waals surface area (Å²) in [5, 5.41) is 9.53. The van der Waals surface area contributed by atoms with E-state index in [9.17, 15) is 5.11 Å². The maximum Gasteiger partial charge on any atom is 0.0873 e. The van der Waals surface area contributed by atoms with Crippen LogP contribution in [-0.2, 0) is 0 Å². The van der Waals surface area contributed by atoms with E-state index in [-0.39, 0.29) is 6.04 Å². The molecule has 2 atom stereocenters. The third-order valence-corrected chi connectivity index (χ3v) is 2.34. The zero-order valence-corrected chi connectivity index (χ0v) is 7.24. The van der Waals surface area contributed by atoms with Crippen LogP contribution in [0.15, 0.2) is 12.7 Å². The topological polar surface area (TPSA) is 23.5 Å². The van der Waals surface area contributed by atoms with Gasteiger partial charge in [-0.15, -0.1) is 13.0 Å². The maximum absolute atomic E-state index is 9.53. The Morgan fingerprint density at radius 2 is 2.58 bits per heavy atom. The van der Waals surface area contributed by atoms with E-state index in [4.69, 9.17) is 6.42 Å². The van der Waals surface area contributed by atoms with Crippen LogP contribution in [0.4, 0.5) is 0 Å². The lowest BCUT2D eigenvalue weighted by molar-refractivity contribution is 0.116. The molecule has 2 heteroatoms. The number of nitrogens with zero attached hydrogens (tertiary/aromatic N) is 1. The Kier molecular flexibility index (Phi) is 3.33. The average Bonchev–Trinajstić information content (AvgIpc) is 2.52. The van der Waals surface area contributed by atoms with Crippen LogP contribution < -0.4 is 0 Å². The van der Waals surface area contributed by atoms with Crippen LogP contribution in [0.5, 0.6) is 0 Å². The van der Waals surface area contributed by atoms with Gasteiger partial charge in [0.25, 0.3) is 0 Å². The highest BCUT2D eigenvalue weighted by Crippen LogP contribution is 2.19. The van der Waals surface area contributed by atoms with E-state index in [2.05, 4.69) is 17.4 Å². The van der Waals surface area contributed by atoms with Crippen LogP contribution >= 0.6 is 0 Å². The molecule has 1 saturated heterocycles. The van der Waals surface area contributed by atoms with Crippen LogP contribution in [0.25, 0.3) is 0 Å². The first-order valence-electron chi connectivity index (χ1n) is 4.27. The van der Waals surface area contributed by atoms with Crippen LogP contribution in [0.2, 0.25) is 0 Å². The second kappa shape index (κ2) is 4.30. The van der Waals surface area contributed by atoms with Gasteiger partial charge in [-0.3, -0.25) is 4.90 Å². The van der Waals surface area contributed by atoms with Crippen LogP contribution in [-0.4, -0.2) is 35.2 Å². The van der Waals surface area contributed by atoms with Gasteiger partial charge in [-0.2, -0.15) is 0 Å². The van der Waals surface area contributed by atoms with E-state index >= 15 is 0 Å². The minimum atomic E-state index is -0.430. The van der Waals surface area contributed by atoms with E-state index in [1.807, 2.05) is 0 Å². The van der Waals surface area contributed by atoms with E-state index in [0.717, 1.165) is 19.4 Å². The number of terminal acetylenes is 1. The van der Waals surface area contributed by atoms with Crippen molar-refractivity contribution in [3.8, 4) is 12.3 Å². The van der Waals surface area contributed by atoms with Gasteiger partial charge in [0.2, 0.25) is 0 Å². The zero-order valence-electron chi connectivity index (χ0n) is 7.24. The highest BCUT2D eigenvalue weighted by atomic mass is 16.3. The summed E-state index contributed by atoms with van der Waals surface area (Å²) in [5.41, 5.74) is 0. The predicted octanol–water partition coefficient (Wildman–Crippen LogP) is 0.631. The summed E-state index contributed by atoms with van der Waals surface area (Å²) in [6.07, 6.45) is 8.51. The van der Waals surface area contributed by atoms with Crippen molar-refractivity contribution in [2.24, 2.45) is 0 Å². The molecular weight excluding hydrogens is 150 g/mol. The quantitative estimate of drug-likeness (QED) is 0.490. The number of rotatable bonds is 3. The Morgan fingerprint density at radius 1 is 1.83 bits per heavy atom. The SMILES string of the molecule is C#CCN1CCCC1C(O)C=C. The number of aliphatic hydroxyl groups is 1. The molecule has 0 aromatic rings. The summed E-state index contributed by atoms with van der Waals surface area (Å²) in [6, 6.07) is 0.193. The lowest BCUT2D eigenvalue weighted by Gasteiger charge is -2.24. The molecule has 2 nitrogen and oxygen atoms in total. The van der Waals surface area contributed by atoms with Gasteiger partial charge in [0.1, 0.15) is 0 Å². The van der Waals surface area contributed by atoms with Crippen molar-refractivity contribution >= 4 is 0 Å². The van der Waals surface area contributed by atoms with Gasteiger partial charge in [0, 0.05) is 6.04 Å². The number of hydrogen-bond donors (Lipinski definition) is 1. The lowest BCUT2D eigenvalue weighted by Crippen LogP contribution is -2.38. The summed E-state index contributed by atoms with van der Waals surface area (Å²) in [5.74, 6) is 2.60. The molecule has 2 unspecified atom stereocenters. The number of likely N-dealkylation sites (tertiary alicyclic amines) is 1. The molecule has 0 radical (unpaired) electrons. The predicted molar refractivity (Wildman–Crippen MR) is 49.6 cm³/mol. The van der Waals surface area contributed by atoms with E-state index < -0.39 is 6.10 Å². The molecule has 12 heavy (non-hydrogen) atoms. The minimum Gasteiger partial charge on any atom is -0.387 e. The van der Waals surface area contributed by atoms with Crippen molar-refractivity contribution in [1.29, 1.82) is 0 Å². The molecule has 1 N–H and O–H groups in total. The average molecular weight is 165 g/mol. The molecule has 0 saturated carbocycles. The Bertz CT molecular complexity index is 195. The van der Waals surface area contributed by atoms with Crippen molar-refractivity contribution < 1.29 is 5.11 Å². The second-order valence-electron chi connectivity index (χ2n) is 3.11. The fraction of sp³-hybridized carbons (Fsp3) is 0.600. The standard InChI is InChI=1S/C10H15NO/c1-3-7-11-8-5-6-9(11)10(12)4-2/h1,4,9-10,12H,2,5-8H2. The molecule has 0 aromatic carbocycles. The third kappa shape index (κ3) is 1.88. The molecule has 1 aliphatic rings. The molecular formula is C10H15NO. The van der Waals surface area contributed by atoms with Crippen LogP contribution in [0, 0.1) is 12.3 Å². The van der Waals surface area contributed by atoms with Crippen molar-refractivity contribution in [3.63, 3.8) is 0 Å². The minimum absolute atomic E-state index is 0.193. The summed E-state index contributed by atoms with van der Waals surface area (Å²) >= 11 is 0. The molecule has 0 aromatic heterocycles. The van der Waals surface area contributed by atoms with Crippen LogP contribution in [0.3, 0.4) is 0 Å². The van der Waals surface area contributed by atoms with E-state index in [1.165, 1.54) is 0 Å². The maximum atomic E-state index is 9.53. The molecule has 0 amide bonds. The molecule has 0 aliphatic carbocycles. The first-order valence-corrected chi connectivity index (χ1v) is 4.27. The largest absolute Gasteiger partial charge is 0.387 e. The van der Waals surface area contributed by atoms with Crippen molar-refractivity contribution in [3.05, 3.63) is 12.7 Å². The molecule has 0 bridgehead atoms. The Morgan fingerprint density at radius 3 is 3.17 bits per heavy atom. The second-order valence-corrected chi connectivity index (χ2v) is 3.11. The summed E-state index contributed by atoms with van der Waals surface area (Å²) in [6.45, 7) is 5.21. The van der Waals surface area contributed by atoms with Crippen molar-refractivity contribution in [1.82, 2.24) is 4.90 Å². The zero-order chi connectivity index (χ0) is 8.97. The van der Waals surface area contributed by atoms with Crippen molar-refractivity contribution in [2.75, 3.05) is 13.1 Å². The highest BCUT2D eigenvalue weighted by Gasteiger charge is 2.27. The first kappa shape index (κ1) is 9.31. The summed E-state index contributed by atoms with van der Waals surface area (Å²) in [7, 11) is 0. The molecule has 66 valence electrons. The summed E-state index contributed by atoms with van der Waals surface area (Å²) < 4.78 is 0. The lowest BCUT2D eigenvalue weighted by atomic mass is 10.1. The van der Waals surface area contributed by atoms with Gasteiger partial charge in [-0.25, -0.2) is 0 Å². The highest BCUT2D eigenvalue weighted by molar-refractivity contribution is 4.98. The van der Waals surface area contributed by atoms with Gasteiger partial charge in [0.05, 0.1) is 12.6 Å². The van der Waals surface area contributed by atoms with Gasteiger partial charge in [-0.05, 0) is 19.4 Å².